The molecule has 12 heteroatoms. The van der Waals surface area contributed by atoms with Gasteiger partial charge in [-0.25, -0.2) is 27.1 Å². The molecule has 0 radical (unpaired) electrons. The highest BCUT2D eigenvalue weighted by Gasteiger charge is 2.37. The van der Waals surface area contributed by atoms with Crippen LogP contribution < -0.4 is 5.32 Å². The molecule has 2 aromatic rings. The minimum Gasteiger partial charge on any atom is -0.376 e. The van der Waals surface area contributed by atoms with E-state index in [1.807, 2.05) is 13.8 Å². The summed E-state index contributed by atoms with van der Waals surface area (Å²) in [6.45, 7) is 5.35. The van der Waals surface area contributed by atoms with Crippen LogP contribution >= 0.6 is 11.6 Å². The van der Waals surface area contributed by atoms with Crippen molar-refractivity contribution in [1.82, 2.24) is 24.6 Å². The monoisotopic (exact) mass is 499 g/mol. The quantitative estimate of drug-likeness (QED) is 0.603. The van der Waals surface area contributed by atoms with Gasteiger partial charge in [0.05, 0.1) is 36.4 Å². The van der Waals surface area contributed by atoms with Gasteiger partial charge in [-0.3, -0.25) is 4.79 Å². The third kappa shape index (κ3) is 5.37. The number of H-pyrrole nitrogens is 1. The van der Waals surface area contributed by atoms with E-state index in [-0.39, 0.29) is 29.9 Å². The van der Waals surface area contributed by atoms with Crippen LogP contribution in [-0.2, 0) is 19.6 Å². The summed E-state index contributed by atoms with van der Waals surface area (Å²) in [6, 6.07) is 2.81. The fourth-order valence-electron chi connectivity index (χ4n) is 4.27. The highest BCUT2D eigenvalue weighted by molar-refractivity contribution is 7.89. The average molecular weight is 500 g/mol. The molecule has 0 unspecified atom stereocenters. The van der Waals surface area contributed by atoms with Crippen molar-refractivity contribution in [3.8, 4) is 11.5 Å². The predicted molar refractivity (Wildman–Crippen MR) is 121 cm³/mol. The number of hydrogen-bond acceptors (Lipinski definition) is 6. The van der Waals surface area contributed by atoms with Crippen molar-refractivity contribution in [1.29, 1.82) is 0 Å². The third-order valence-corrected chi connectivity index (χ3v) is 8.28. The molecule has 2 fully saturated rings. The maximum absolute atomic E-state index is 13.2. The van der Waals surface area contributed by atoms with E-state index in [9.17, 15) is 17.6 Å². The third-order valence-electron chi connectivity index (χ3n) is 6.16. The molecule has 4 rings (SSSR count). The average Bonchev–Trinajstić information content (AvgIpc) is 3.13. The smallest absolute Gasteiger partial charge is 0.221 e. The highest BCUT2D eigenvalue weighted by Crippen LogP contribution is 2.37. The lowest BCUT2D eigenvalue weighted by Gasteiger charge is -2.39. The number of hydrogen-bond donors (Lipinski definition) is 2. The van der Waals surface area contributed by atoms with Crippen molar-refractivity contribution in [2.24, 2.45) is 5.92 Å². The molecule has 2 aromatic heterocycles. The zero-order valence-corrected chi connectivity index (χ0v) is 20.0. The van der Waals surface area contributed by atoms with Crippen LogP contribution in [0.1, 0.15) is 38.3 Å². The fraction of sp³-hybridized carbons (Fsp3) is 0.571. The summed E-state index contributed by atoms with van der Waals surface area (Å²) < 4.78 is 45.4. The second-order valence-corrected chi connectivity index (χ2v) is 11.5. The zero-order chi connectivity index (χ0) is 23.8. The van der Waals surface area contributed by atoms with Gasteiger partial charge in [-0.15, -0.1) is 0 Å². The molecule has 0 aliphatic carbocycles. The molecular weight excluding hydrogens is 473 g/mol. The topological polar surface area (TPSA) is 117 Å². The van der Waals surface area contributed by atoms with E-state index < -0.39 is 21.4 Å². The van der Waals surface area contributed by atoms with Crippen LogP contribution in [0.4, 0.5) is 4.39 Å². The summed E-state index contributed by atoms with van der Waals surface area (Å²) >= 11 is 6.38. The van der Waals surface area contributed by atoms with Crippen LogP contribution in [0.5, 0.6) is 0 Å². The minimum absolute atomic E-state index is 0.0208. The van der Waals surface area contributed by atoms with Crippen LogP contribution in [0.25, 0.3) is 11.5 Å². The van der Waals surface area contributed by atoms with Crippen LogP contribution in [-0.4, -0.2) is 71.2 Å². The lowest BCUT2D eigenvalue weighted by Crippen LogP contribution is -2.60. The molecule has 1 amide bonds. The van der Waals surface area contributed by atoms with Gasteiger partial charge >= 0.3 is 0 Å². The molecule has 2 saturated heterocycles. The van der Waals surface area contributed by atoms with E-state index >= 15 is 0 Å². The van der Waals surface area contributed by atoms with Gasteiger partial charge in [-0.05, 0) is 31.4 Å². The molecule has 9 nitrogen and oxygen atoms in total. The second-order valence-electron chi connectivity index (χ2n) is 9.05. The Morgan fingerprint density at radius 2 is 2.18 bits per heavy atom. The zero-order valence-electron chi connectivity index (χ0n) is 18.5. The lowest BCUT2D eigenvalue weighted by atomic mass is 9.86. The second kappa shape index (κ2) is 9.28. The largest absolute Gasteiger partial charge is 0.376 e. The standard InChI is InChI=1S/C21H27ClFN5O4S/c1-13-10-28(33(30,31)8-6-17(29)27-21(2)11-32-12-21)7-5-15(13)18-19(22)26-20(25-18)16-4-3-14(23)9-24-16/h3-4,9,13,15H,5-8,10-12H2,1-2H3,(H,25,26)(H,27,29)/t13-,15+/m0/s1. The Morgan fingerprint density at radius 3 is 2.79 bits per heavy atom. The molecule has 2 aliphatic rings. The van der Waals surface area contributed by atoms with Crippen molar-refractivity contribution in [2.75, 3.05) is 32.1 Å². The van der Waals surface area contributed by atoms with Gasteiger partial charge in [0.1, 0.15) is 11.5 Å². The van der Waals surface area contributed by atoms with Gasteiger partial charge in [0.25, 0.3) is 0 Å². The number of rotatable bonds is 7. The predicted octanol–water partition coefficient (Wildman–Crippen LogP) is 2.31. The van der Waals surface area contributed by atoms with Gasteiger partial charge in [0.15, 0.2) is 11.0 Å². The van der Waals surface area contributed by atoms with Gasteiger partial charge in [0, 0.05) is 25.4 Å². The Balaban J connectivity index is 1.37. The van der Waals surface area contributed by atoms with Gasteiger partial charge in [0.2, 0.25) is 15.9 Å². The molecule has 2 N–H and O–H groups in total. The maximum Gasteiger partial charge on any atom is 0.221 e. The van der Waals surface area contributed by atoms with Crippen LogP contribution in [0.15, 0.2) is 18.3 Å². The van der Waals surface area contributed by atoms with E-state index in [1.54, 1.807) is 0 Å². The van der Waals surface area contributed by atoms with Crippen molar-refractivity contribution in [3.63, 3.8) is 0 Å². The summed E-state index contributed by atoms with van der Waals surface area (Å²) in [6.07, 6.45) is 1.57. The maximum atomic E-state index is 13.2. The van der Waals surface area contributed by atoms with Crippen molar-refractivity contribution in [2.45, 2.75) is 38.1 Å². The SMILES string of the molecule is C[C@H]1CN(S(=O)(=O)CCC(=O)NC2(C)COC2)CC[C@H]1c1[nH]c(-c2ccc(F)cn2)nc1Cl. The Hall–Kier alpha value is -2.08. The Kier molecular flexibility index (Phi) is 6.77. The first-order valence-electron chi connectivity index (χ1n) is 10.8. The molecule has 0 spiro atoms. The van der Waals surface area contributed by atoms with Crippen LogP contribution in [0, 0.1) is 11.7 Å². The molecule has 0 saturated carbocycles. The summed E-state index contributed by atoms with van der Waals surface area (Å²) in [7, 11) is -3.58. The number of halogens is 2. The summed E-state index contributed by atoms with van der Waals surface area (Å²) in [5, 5.41) is 3.13. The first kappa shape index (κ1) is 24.1. The first-order chi connectivity index (χ1) is 15.6. The minimum atomic E-state index is -3.58. The van der Waals surface area contributed by atoms with E-state index in [0.717, 1.165) is 11.9 Å². The molecule has 4 heterocycles. The number of piperidine rings is 1. The van der Waals surface area contributed by atoms with E-state index in [4.69, 9.17) is 16.3 Å². The van der Waals surface area contributed by atoms with Crippen LogP contribution in [0.3, 0.4) is 0 Å². The number of nitrogens with one attached hydrogen (secondary N) is 2. The molecular formula is C21H27ClFN5O4S. The fourth-order valence-corrected chi connectivity index (χ4v) is 6.09. The highest BCUT2D eigenvalue weighted by atomic mass is 35.5. The van der Waals surface area contributed by atoms with Gasteiger partial charge in [-0.2, -0.15) is 0 Å². The first-order valence-corrected chi connectivity index (χ1v) is 12.8. The Bertz CT molecular complexity index is 1120. The van der Waals surface area contributed by atoms with Crippen molar-refractivity contribution in [3.05, 3.63) is 35.0 Å². The Labute approximate surface area is 197 Å². The number of sulfonamides is 1. The number of aromatic amines is 1. The number of carbonyl (C=O) groups is 1. The van der Waals surface area contributed by atoms with Crippen molar-refractivity contribution >= 4 is 27.5 Å². The number of nitrogens with zero attached hydrogens (tertiary/aromatic N) is 3. The number of ether oxygens (including phenoxy) is 1. The van der Waals surface area contributed by atoms with Gasteiger partial charge < -0.3 is 15.0 Å². The van der Waals surface area contributed by atoms with Crippen molar-refractivity contribution < 1.29 is 22.3 Å². The van der Waals surface area contributed by atoms with Gasteiger partial charge in [-0.1, -0.05) is 18.5 Å². The Morgan fingerprint density at radius 1 is 1.42 bits per heavy atom. The van der Waals surface area contributed by atoms with Crippen LogP contribution in [0.2, 0.25) is 5.15 Å². The molecule has 2 atom stereocenters. The van der Waals surface area contributed by atoms with E-state index in [1.165, 1.54) is 16.4 Å². The normalized spacial score (nSPS) is 23.2. The number of carbonyl (C=O) groups excluding carboxylic acids is 1. The molecule has 33 heavy (non-hydrogen) atoms. The number of imidazole rings is 1. The number of aromatic nitrogens is 3. The summed E-state index contributed by atoms with van der Waals surface area (Å²) in [4.78, 5) is 23.7. The molecule has 0 aromatic carbocycles. The van der Waals surface area contributed by atoms with E-state index in [0.29, 0.717) is 49.4 Å². The lowest BCUT2D eigenvalue weighted by molar-refractivity contribution is -0.130. The molecule has 2 aliphatic heterocycles. The molecule has 180 valence electrons. The number of amides is 1. The molecule has 0 bridgehead atoms. The summed E-state index contributed by atoms with van der Waals surface area (Å²) in [5.41, 5.74) is 0.787. The number of pyridine rings is 1. The van der Waals surface area contributed by atoms with E-state index in [2.05, 4.69) is 20.3 Å². The summed E-state index contributed by atoms with van der Waals surface area (Å²) in [5.74, 6) is -0.582.